The lowest BCUT2D eigenvalue weighted by molar-refractivity contribution is 0.178. The smallest absolute Gasteiger partial charge is 0.240 e. The summed E-state index contributed by atoms with van der Waals surface area (Å²) in [6, 6.07) is 10.7. The van der Waals surface area contributed by atoms with Gasteiger partial charge in [0.1, 0.15) is 11.5 Å². The lowest BCUT2D eigenvalue weighted by Crippen LogP contribution is -2.38. The molecule has 0 atom stereocenters. The van der Waals surface area contributed by atoms with Crippen molar-refractivity contribution < 1.29 is 12.8 Å². The van der Waals surface area contributed by atoms with Crippen LogP contribution < -0.4 is 4.72 Å². The number of aryl methyl sites for hydroxylation is 2. The van der Waals surface area contributed by atoms with Crippen molar-refractivity contribution in [3.8, 4) is 0 Å². The molecule has 0 aliphatic carbocycles. The van der Waals surface area contributed by atoms with E-state index in [0.717, 1.165) is 44.0 Å². The van der Waals surface area contributed by atoms with Crippen molar-refractivity contribution in [2.24, 2.45) is 5.92 Å². The molecule has 136 valence electrons. The van der Waals surface area contributed by atoms with Crippen molar-refractivity contribution in [2.75, 3.05) is 19.6 Å². The molecule has 1 aromatic carbocycles. The summed E-state index contributed by atoms with van der Waals surface area (Å²) in [6.45, 7) is 7.37. The number of likely N-dealkylation sites (tertiary alicyclic amines) is 1. The van der Waals surface area contributed by atoms with Crippen molar-refractivity contribution in [3.63, 3.8) is 0 Å². The van der Waals surface area contributed by atoms with Crippen molar-refractivity contribution >= 4 is 10.0 Å². The van der Waals surface area contributed by atoms with Crippen LogP contribution in [0.3, 0.4) is 0 Å². The molecule has 6 heteroatoms. The Morgan fingerprint density at radius 1 is 1.16 bits per heavy atom. The second kappa shape index (κ2) is 7.72. The molecule has 5 nitrogen and oxygen atoms in total. The number of hydrogen-bond acceptors (Lipinski definition) is 4. The van der Waals surface area contributed by atoms with Crippen LogP contribution >= 0.6 is 0 Å². The number of nitrogens with zero attached hydrogens (tertiary/aromatic N) is 1. The minimum Gasteiger partial charge on any atom is -0.466 e. The lowest BCUT2D eigenvalue weighted by atomic mass is 9.97. The molecule has 0 spiro atoms. The standard InChI is InChI=1S/C19H26N2O3S/c1-15-12-18(16(2)24-15)14-21-10-8-17(9-11-21)13-20-25(22,23)19-6-4-3-5-7-19/h3-7,12,17,20H,8-11,13-14H2,1-2H3. The fourth-order valence-electron chi connectivity index (χ4n) is 3.34. The first-order chi connectivity index (χ1) is 11.9. The van der Waals surface area contributed by atoms with E-state index in [4.69, 9.17) is 4.42 Å². The summed E-state index contributed by atoms with van der Waals surface area (Å²) >= 11 is 0. The van der Waals surface area contributed by atoms with Crippen LogP contribution in [0, 0.1) is 19.8 Å². The van der Waals surface area contributed by atoms with Crippen LogP contribution in [0.25, 0.3) is 0 Å². The van der Waals surface area contributed by atoms with E-state index in [1.165, 1.54) is 5.56 Å². The molecular formula is C19H26N2O3S. The maximum absolute atomic E-state index is 12.3. The van der Waals surface area contributed by atoms with Crippen LogP contribution in [0.5, 0.6) is 0 Å². The average molecular weight is 362 g/mol. The first-order valence-electron chi connectivity index (χ1n) is 8.77. The molecule has 0 bridgehead atoms. The first kappa shape index (κ1) is 18.2. The highest BCUT2D eigenvalue weighted by molar-refractivity contribution is 7.89. The number of nitrogens with one attached hydrogen (secondary N) is 1. The van der Waals surface area contributed by atoms with Gasteiger partial charge in [0, 0.05) is 18.7 Å². The van der Waals surface area contributed by atoms with E-state index in [1.807, 2.05) is 19.9 Å². The molecule has 0 unspecified atom stereocenters. The molecule has 0 radical (unpaired) electrons. The summed E-state index contributed by atoms with van der Waals surface area (Å²) in [4.78, 5) is 2.75. The van der Waals surface area contributed by atoms with Gasteiger partial charge in [-0.2, -0.15) is 0 Å². The molecule has 25 heavy (non-hydrogen) atoms. The summed E-state index contributed by atoms with van der Waals surface area (Å²) in [6.07, 6.45) is 2.01. The molecule has 3 rings (SSSR count). The normalized spacial score (nSPS) is 17.0. The fraction of sp³-hybridized carbons (Fsp3) is 0.474. The Balaban J connectivity index is 1.47. The maximum atomic E-state index is 12.3. The first-order valence-corrected chi connectivity index (χ1v) is 10.3. The van der Waals surface area contributed by atoms with Crippen LogP contribution in [0.4, 0.5) is 0 Å². The van der Waals surface area contributed by atoms with Crippen molar-refractivity contribution in [1.29, 1.82) is 0 Å². The quantitative estimate of drug-likeness (QED) is 0.858. The minimum atomic E-state index is -3.40. The molecular weight excluding hydrogens is 336 g/mol. The third-order valence-corrected chi connectivity index (χ3v) is 6.30. The number of furan rings is 1. The number of benzene rings is 1. The third kappa shape index (κ3) is 4.71. The Morgan fingerprint density at radius 3 is 2.44 bits per heavy atom. The maximum Gasteiger partial charge on any atom is 0.240 e. The van der Waals surface area contributed by atoms with E-state index in [0.29, 0.717) is 17.4 Å². The molecule has 1 aliphatic heterocycles. The third-order valence-electron chi connectivity index (χ3n) is 4.86. The van der Waals surface area contributed by atoms with Gasteiger partial charge in [0.05, 0.1) is 4.90 Å². The predicted molar refractivity (Wildman–Crippen MR) is 97.8 cm³/mol. The van der Waals surface area contributed by atoms with Crippen molar-refractivity contribution in [3.05, 3.63) is 53.5 Å². The monoisotopic (exact) mass is 362 g/mol. The number of sulfonamides is 1. The molecule has 1 aliphatic rings. The van der Waals surface area contributed by atoms with Crippen LogP contribution in [-0.4, -0.2) is 33.0 Å². The number of rotatable bonds is 6. The molecule has 1 aromatic heterocycles. The van der Waals surface area contributed by atoms with E-state index in [9.17, 15) is 8.42 Å². The zero-order valence-corrected chi connectivity index (χ0v) is 15.7. The van der Waals surface area contributed by atoms with Gasteiger partial charge >= 0.3 is 0 Å². The molecule has 1 saturated heterocycles. The Labute approximate surface area is 150 Å². The van der Waals surface area contributed by atoms with Gasteiger partial charge in [-0.05, 0) is 63.9 Å². The number of hydrogen-bond donors (Lipinski definition) is 1. The Hall–Kier alpha value is -1.63. The highest BCUT2D eigenvalue weighted by atomic mass is 32.2. The van der Waals surface area contributed by atoms with Gasteiger partial charge in [0.2, 0.25) is 10.0 Å². The number of piperidine rings is 1. The van der Waals surface area contributed by atoms with E-state index in [-0.39, 0.29) is 0 Å². The molecule has 1 fully saturated rings. The zero-order chi connectivity index (χ0) is 17.9. The predicted octanol–water partition coefficient (Wildman–Crippen LogP) is 3.09. The Bertz CT molecular complexity index is 791. The summed E-state index contributed by atoms with van der Waals surface area (Å²) in [5.74, 6) is 2.34. The lowest BCUT2D eigenvalue weighted by Gasteiger charge is -2.31. The summed E-state index contributed by atoms with van der Waals surface area (Å²) in [5, 5.41) is 0. The second-order valence-corrected chi connectivity index (χ2v) is 8.59. The average Bonchev–Trinajstić information content (AvgIpc) is 2.92. The van der Waals surface area contributed by atoms with E-state index >= 15 is 0 Å². The van der Waals surface area contributed by atoms with Gasteiger partial charge in [-0.15, -0.1) is 0 Å². The van der Waals surface area contributed by atoms with E-state index < -0.39 is 10.0 Å². The fourth-order valence-corrected chi connectivity index (χ4v) is 4.48. The van der Waals surface area contributed by atoms with Gasteiger partial charge in [-0.1, -0.05) is 18.2 Å². The second-order valence-electron chi connectivity index (χ2n) is 6.82. The Morgan fingerprint density at radius 2 is 1.84 bits per heavy atom. The van der Waals surface area contributed by atoms with Gasteiger partial charge in [-0.25, -0.2) is 13.1 Å². The van der Waals surface area contributed by atoms with E-state index in [1.54, 1.807) is 24.3 Å². The summed E-state index contributed by atoms with van der Waals surface area (Å²) < 4.78 is 32.9. The molecule has 0 amide bonds. The Kier molecular flexibility index (Phi) is 5.61. The largest absolute Gasteiger partial charge is 0.466 e. The van der Waals surface area contributed by atoms with Gasteiger partial charge in [0.15, 0.2) is 0 Å². The zero-order valence-electron chi connectivity index (χ0n) is 14.9. The topological polar surface area (TPSA) is 62.6 Å². The van der Waals surface area contributed by atoms with Crippen LogP contribution in [0.15, 0.2) is 45.7 Å². The molecule has 2 aromatic rings. The van der Waals surface area contributed by atoms with Crippen molar-refractivity contribution in [2.45, 2.75) is 38.1 Å². The highest BCUT2D eigenvalue weighted by Crippen LogP contribution is 2.22. The van der Waals surface area contributed by atoms with Gasteiger partial charge in [0.25, 0.3) is 0 Å². The molecule has 2 heterocycles. The van der Waals surface area contributed by atoms with Crippen molar-refractivity contribution in [1.82, 2.24) is 9.62 Å². The van der Waals surface area contributed by atoms with Crippen LogP contribution in [0.2, 0.25) is 0 Å². The summed E-state index contributed by atoms with van der Waals surface area (Å²) in [5.41, 5.74) is 1.25. The van der Waals surface area contributed by atoms with Crippen LogP contribution in [0.1, 0.15) is 29.9 Å². The van der Waals surface area contributed by atoms with Gasteiger partial charge < -0.3 is 4.42 Å². The summed E-state index contributed by atoms with van der Waals surface area (Å²) in [7, 11) is -3.40. The minimum absolute atomic E-state index is 0.332. The molecule has 1 N–H and O–H groups in total. The highest BCUT2D eigenvalue weighted by Gasteiger charge is 2.22. The van der Waals surface area contributed by atoms with Crippen LogP contribution in [-0.2, 0) is 16.6 Å². The van der Waals surface area contributed by atoms with Gasteiger partial charge in [-0.3, -0.25) is 4.90 Å². The van der Waals surface area contributed by atoms with E-state index in [2.05, 4.69) is 15.7 Å². The SMILES string of the molecule is Cc1cc(CN2CCC(CNS(=O)(=O)c3ccccc3)CC2)c(C)o1. The molecule has 0 saturated carbocycles.